The standard InChI is InChI=1S/C22H17FN6O3/c1-24-21(31)19-11-16(7-8-25-19)32-15-5-6-17-18(10-15)28-29-22(26-17)27-20(30)14-4-2-3-13(9-14)12-23/h2-11H,12H2,1H3,(H,24,31)(H,26,27,29,30). The van der Waals surface area contributed by atoms with E-state index in [4.69, 9.17) is 4.74 Å². The highest BCUT2D eigenvalue weighted by Crippen LogP contribution is 2.24. The van der Waals surface area contributed by atoms with Gasteiger partial charge in [0.1, 0.15) is 29.4 Å². The Morgan fingerprint density at radius 3 is 2.62 bits per heavy atom. The summed E-state index contributed by atoms with van der Waals surface area (Å²) in [6.07, 6.45) is 1.47. The molecule has 0 unspecified atom stereocenters. The molecule has 0 atom stereocenters. The van der Waals surface area contributed by atoms with E-state index < -0.39 is 12.6 Å². The van der Waals surface area contributed by atoms with Crippen molar-refractivity contribution in [2.45, 2.75) is 6.67 Å². The van der Waals surface area contributed by atoms with E-state index in [9.17, 15) is 14.0 Å². The van der Waals surface area contributed by atoms with Gasteiger partial charge in [0, 0.05) is 30.9 Å². The number of ether oxygens (including phenoxy) is 1. The maximum Gasteiger partial charge on any atom is 0.269 e. The third-order valence-corrected chi connectivity index (χ3v) is 4.42. The van der Waals surface area contributed by atoms with Crippen LogP contribution < -0.4 is 15.4 Å². The number of halogens is 1. The molecule has 2 aromatic heterocycles. The minimum absolute atomic E-state index is 0.0196. The van der Waals surface area contributed by atoms with Crippen LogP contribution in [0.5, 0.6) is 11.5 Å². The van der Waals surface area contributed by atoms with Crippen LogP contribution in [0.3, 0.4) is 0 Å². The van der Waals surface area contributed by atoms with E-state index in [1.54, 1.807) is 42.5 Å². The normalized spacial score (nSPS) is 10.6. The van der Waals surface area contributed by atoms with Crippen LogP contribution in [0.2, 0.25) is 0 Å². The van der Waals surface area contributed by atoms with Gasteiger partial charge in [0.15, 0.2) is 0 Å². The number of aromatic nitrogens is 4. The van der Waals surface area contributed by atoms with Crippen LogP contribution in [0.1, 0.15) is 26.4 Å². The van der Waals surface area contributed by atoms with Crippen molar-refractivity contribution < 1.29 is 18.7 Å². The van der Waals surface area contributed by atoms with E-state index in [1.807, 2.05) is 0 Å². The Morgan fingerprint density at radius 2 is 1.81 bits per heavy atom. The summed E-state index contributed by atoms with van der Waals surface area (Å²) in [5.41, 5.74) is 1.85. The lowest BCUT2D eigenvalue weighted by Gasteiger charge is -2.08. The van der Waals surface area contributed by atoms with Crippen LogP contribution in [0.15, 0.2) is 60.8 Å². The fourth-order valence-corrected chi connectivity index (χ4v) is 2.86. The minimum Gasteiger partial charge on any atom is -0.457 e. The van der Waals surface area contributed by atoms with Crippen molar-refractivity contribution in [3.63, 3.8) is 0 Å². The molecule has 160 valence electrons. The molecule has 4 rings (SSSR count). The predicted octanol–water partition coefficient (Wildman–Crippen LogP) is 3.29. The van der Waals surface area contributed by atoms with Crippen LogP contribution in [-0.4, -0.2) is 39.0 Å². The number of benzene rings is 2. The number of nitrogens with one attached hydrogen (secondary N) is 2. The van der Waals surface area contributed by atoms with Crippen molar-refractivity contribution in [1.29, 1.82) is 0 Å². The van der Waals surface area contributed by atoms with Gasteiger partial charge < -0.3 is 10.1 Å². The number of alkyl halides is 1. The van der Waals surface area contributed by atoms with Crippen LogP contribution in [0.25, 0.3) is 11.0 Å². The number of rotatable bonds is 6. The molecule has 0 saturated carbocycles. The van der Waals surface area contributed by atoms with Crippen LogP contribution in [0, 0.1) is 0 Å². The smallest absolute Gasteiger partial charge is 0.269 e. The van der Waals surface area contributed by atoms with Gasteiger partial charge in [-0.25, -0.2) is 9.37 Å². The number of carbonyl (C=O) groups excluding carboxylic acids is 2. The molecule has 9 nitrogen and oxygen atoms in total. The summed E-state index contributed by atoms with van der Waals surface area (Å²) in [5, 5.41) is 13.1. The van der Waals surface area contributed by atoms with E-state index in [1.165, 1.54) is 25.4 Å². The lowest BCUT2D eigenvalue weighted by molar-refractivity contribution is 0.0957. The first kappa shape index (κ1) is 20.8. The van der Waals surface area contributed by atoms with Crippen LogP contribution >= 0.6 is 0 Å². The van der Waals surface area contributed by atoms with Crippen molar-refractivity contribution in [1.82, 2.24) is 25.5 Å². The van der Waals surface area contributed by atoms with E-state index >= 15 is 0 Å². The minimum atomic E-state index is -0.661. The van der Waals surface area contributed by atoms with E-state index in [-0.39, 0.29) is 17.5 Å². The van der Waals surface area contributed by atoms with Gasteiger partial charge in [-0.3, -0.25) is 19.9 Å². The fourth-order valence-electron chi connectivity index (χ4n) is 2.86. The Morgan fingerprint density at radius 1 is 0.969 bits per heavy atom. The van der Waals surface area contributed by atoms with Gasteiger partial charge in [-0.05, 0) is 35.9 Å². The van der Waals surface area contributed by atoms with Crippen molar-refractivity contribution in [3.8, 4) is 11.5 Å². The first-order chi connectivity index (χ1) is 15.6. The Bertz CT molecular complexity index is 1310. The number of hydrogen-bond donors (Lipinski definition) is 2. The zero-order chi connectivity index (χ0) is 22.5. The molecule has 10 heteroatoms. The molecular weight excluding hydrogens is 415 g/mol. The number of fused-ring (bicyclic) bond motifs is 1. The molecule has 0 radical (unpaired) electrons. The highest BCUT2D eigenvalue weighted by atomic mass is 19.1. The molecule has 0 aliphatic heterocycles. The average Bonchev–Trinajstić information content (AvgIpc) is 2.83. The summed E-state index contributed by atoms with van der Waals surface area (Å²) >= 11 is 0. The number of hydrogen-bond acceptors (Lipinski definition) is 7. The first-order valence-corrected chi connectivity index (χ1v) is 9.52. The molecule has 0 bridgehead atoms. The van der Waals surface area contributed by atoms with Crippen molar-refractivity contribution in [3.05, 3.63) is 77.6 Å². The number of amides is 2. The number of carbonyl (C=O) groups is 2. The quantitative estimate of drug-likeness (QED) is 0.480. The molecule has 2 aromatic carbocycles. The van der Waals surface area contributed by atoms with Gasteiger partial charge in [0.2, 0.25) is 5.95 Å². The summed E-state index contributed by atoms with van der Waals surface area (Å²) in [4.78, 5) is 32.4. The molecule has 0 spiro atoms. The largest absolute Gasteiger partial charge is 0.457 e. The van der Waals surface area contributed by atoms with E-state index in [0.717, 1.165) is 0 Å². The van der Waals surface area contributed by atoms with Crippen molar-refractivity contribution >= 4 is 28.8 Å². The van der Waals surface area contributed by atoms with Gasteiger partial charge in [-0.2, -0.15) is 0 Å². The van der Waals surface area contributed by atoms with Gasteiger partial charge in [-0.1, -0.05) is 12.1 Å². The maximum atomic E-state index is 12.8. The molecule has 4 aromatic rings. The second-order valence-electron chi connectivity index (χ2n) is 6.63. The molecule has 0 fully saturated rings. The maximum absolute atomic E-state index is 12.8. The van der Waals surface area contributed by atoms with Crippen LogP contribution in [-0.2, 0) is 6.67 Å². The third kappa shape index (κ3) is 4.64. The average molecular weight is 432 g/mol. The van der Waals surface area contributed by atoms with Gasteiger partial charge >= 0.3 is 0 Å². The highest BCUT2D eigenvalue weighted by Gasteiger charge is 2.11. The lowest BCUT2D eigenvalue weighted by atomic mass is 10.1. The summed E-state index contributed by atoms with van der Waals surface area (Å²) in [6, 6.07) is 14.3. The number of nitrogens with zero attached hydrogens (tertiary/aromatic N) is 4. The SMILES string of the molecule is CNC(=O)c1cc(Oc2ccc3nc(NC(=O)c4cccc(CF)c4)nnc3c2)ccn1. The van der Waals surface area contributed by atoms with Gasteiger partial charge in [0.05, 0.1) is 5.52 Å². The zero-order valence-electron chi connectivity index (χ0n) is 16.9. The second-order valence-corrected chi connectivity index (χ2v) is 6.63. The Balaban J connectivity index is 1.51. The Labute approximate surface area is 181 Å². The van der Waals surface area contributed by atoms with Crippen molar-refractivity contribution in [2.24, 2.45) is 0 Å². The fraction of sp³-hybridized carbons (Fsp3) is 0.0909. The molecule has 0 saturated heterocycles. The molecule has 2 heterocycles. The predicted molar refractivity (Wildman–Crippen MR) is 114 cm³/mol. The molecule has 0 aliphatic rings. The monoisotopic (exact) mass is 432 g/mol. The molecule has 2 N–H and O–H groups in total. The topological polar surface area (TPSA) is 119 Å². The lowest BCUT2D eigenvalue weighted by Crippen LogP contribution is -2.18. The number of pyridine rings is 1. The first-order valence-electron chi connectivity index (χ1n) is 9.52. The van der Waals surface area contributed by atoms with Gasteiger partial charge in [-0.15, -0.1) is 10.2 Å². The molecule has 0 aliphatic carbocycles. The highest BCUT2D eigenvalue weighted by molar-refractivity contribution is 6.03. The summed E-state index contributed by atoms with van der Waals surface area (Å²) in [6.45, 7) is -0.661. The van der Waals surface area contributed by atoms with Gasteiger partial charge in [0.25, 0.3) is 11.8 Å². The summed E-state index contributed by atoms with van der Waals surface area (Å²) < 4.78 is 18.6. The molecule has 32 heavy (non-hydrogen) atoms. The van der Waals surface area contributed by atoms with E-state index in [0.29, 0.717) is 33.7 Å². The van der Waals surface area contributed by atoms with Crippen LogP contribution in [0.4, 0.5) is 10.3 Å². The number of anilines is 1. The second kappa shape index (κ2) is 9.13. The Hall–Kier alpha value is -4.47. The summed E-state index contributed by atoms with van der Waals surface area (Å²) in [7, 11) is 1.52. The third-order valence-electron chi connectivity index (χ3n) is 4.42. The molecular formula is C22H17FN6O3. The molecule has 2 amide bonds. The Kier molecular flexibility index (Phi) is 5.93. The van der Waals surface area contributed by atoms with E-state index in [2.05, 4.69) is 30.8 Å². The zero-order valence-corrected chi connectivity index (χ0v) is 16.9. The summed E-state index contributed by atoms with van der Waals surface area (Å²) in [5.74, 6) is 0.118. The van der Waals surface area contributed by atoms with Crippen molar-refractivity contribution in [2.75, 3.05) is 12.4 Å².